The fraction of sp³-hybridized carbons (Fsp3) is 0.500. The second-order valence-electron chi connectivity index (χ2n) is 7.17. The highest BCUT2D eigenvalue weighted by Crippen LogP contribution is 2.28. The van der Waals surface area contributed by atoms with Crippen LogP contribution in [0.2, 0.25) is 0 Å². The fourth-order valence-corrected chi connectivity index (χ4v) is 4.08. The summed E-state index contributed by atoms with van der Waals surface area (Å²) in [7, 11) is 0. The smallest absolute Gasteiger partial charge is 0.223 e. The average molecular weight is 343 g/mol. The number of aromatic nitrogens is 2. The molecular weight excluding hydrogens is 317 g/mol. The Morgan fingerprint density at radius 2 is 2.24 bits per heavy atom. The number of amides is 1. The van der Waals surface area contributed by atoms with Crippen LogP contribution in [0.1, 0.15) is 54.6 Å². The molecule has 0 radical (unpaired) electrons. The SMILES string of the molecule is Cc1n[nH]c(C)c1C(C)CC(=O)N1CCCC1Cc1cccc(F)c1. The van der Waals surface area contributed by atoms with Crippen molar-refractivity contribution in [1.82, 2.24) is 15.1 Å². The van der Waals surface area contributed by atoms with E-state index < -0.39 is 0 Å². The second kappa shape index (κ2) is 7.38. The predicted molar refractivity (Wildman–Crippen MR) is 95.9 cm³/mol. The summed E-state index contributed by atoms with van der Waals surface area (Å²) >= 11 is 0. The first kappa shape index (κ1) is 17.6. The number of rotatable bonds is 5. The van der Waals surface area contributed by atoms with Crippen molar-refractivity contribution < 1.29 is 9.18 Å². The molecule has 2 aromatic rings. The highest BCUT2D eigenvalue weighted by atomic mass is 19.1. The Bertz CT molecular complexity index is 736. The summed E-state index contributed by atoms with van der Waals surface area (Å²) in [6, 6.07) is 6.87. The van der Waals surface area contributed by atoms with Gasteiger partial charge in [-0.25, -0.2) is 4.39 Å². The molecule has 0 aliphatic carbocycles. The van der Waals surface area contributed by atoms with Gasteiger partial charge in [-0.05, 0) is 62.3 Å². The molecule has 1 aromatic heterocycles. The van der Waals surface area contributed by atoms with Crippen molar-refractivity contribution in [1.29, 1.82) is 0 Å². The molecule has 25 heavy (non-hydrogen) atoms. The third kappa shape index (κ3) is 3.91. The van der Waals surface area contributed by atoms with Crippen molar-refractivity contribution in [3.8, 4) is 0 Å². The van der Waals surface area contributed by atoms with Crippen LogP contribution in [0.4, 0.5) is 4.39 Å². The molecule has 1 aliphatic rings. The standard InChI is InChI=1S/C20H26FN3O/c1-13(20-14(2)22-23-15(20)3)10-19(25)24-9-5-8-18(24)12-16-6-4-7-17(21)11-16/h4,6-7,11,13,18H,5,8-10,12H2,1-3H3,(H,22,23). The number of halogens is 1. The molecule has 2 heterocycles. The Morgan fingerprint density at radius 3 is 2.92 bits per heavy atom. The van der Waals surface area contributed by atoms with Crippen LogP contribution in [0.15, 0.2) is 24.3 Å². The van der Waals surface area contributed by atoms with Gasteiger partial charge >= 0.3 is 0 Å². The van der Waals surface area contributed by atoms with Gasteiger partial charge in [0, 0.05) is 24.7 Å². The number of aromatic amines is 1. The summed E-state index contributed by atoms with van der Waals surface area (Å²) in [4.78, 5) is 14.9. The molecule has 1 aliphatic heterocycles. The van der Waals surface area contributed by atoms with E-state index in [2.05, 4.69) is 17.1 Å². The maximum Gasteiger partial charge on any atom is 0.223 e. The number of hydrogen-bond donors (Lipinski definition) is 1. The van der Waals surface area contributed by atoms with E-state index >= 15 is 0 Å². The van der Waals surface area contributed by atoms with Gasteiger partial charge in [-0.2, -0.15) is 5.10 Å². The zero-order chi connectivity index (χ0) is 18.0. The molecule has 0 spiro atoms. The van der Waals surface area contributed by atoms with Gasteiger partial charge in [0.15, 0.2) is 0 Å². The number of hydrogen-bond acceptors (Lipinski definition) is 2. The van der Waals surface area contributed by atoms with Crippen molar-refractivity contribution in [3.63, 3.8) is 0 Å². The third-order valence-corrected chi connectivity index (χ3v) is 5.22. The lowest BCUT2D eigenvalue weighted by atomic mass is 9.95. The second-order valence-corrected chi connectivity index (χ2v) is 7.17. The molecule has 0 bridgehead atoms. The zero-order valence-corrected chi connectivity index (χ0v) is 15.2. The molecule has 1 saturated heterocycles. The average Bonchev–Trinajstić information content (AvgIpc) is 3.14. The molecule has 2 unspecified atom stereocenters. The Hall–Kier alpha value is -2.17. The van der Waals surface area contributed by atoms with Gasteiger partial charge < -0.3 is 4.90 Å². The van der Waals surface area contributed by atoms with E-state index in [1.54, 1.807) is 12.1 Å². The molecule has 4 nitrogen and oxygen atoms in total. The van der Waals surface area contributed by atoms with Gasteiger partial charge in [0.2, 0.25) is 5.91 Å². The fourth-order valence-electron chi connectivity index (χ4n) is 4.08. The molecule has 3 rings (SSSR count). The molecule has 1 fully saturated rings. The lowest BCUT2D eigenvalue weighted by Crippen LogP contribution is -2.37. The maximum absolute atomic E-state index is 13.4. The summed E-state index contributed by atoms with van der Waals surface area (Å²) in [5.41, 5.74) is 4.11. The van der Waals surface area contributed by atoms with Gasteiger partial charge in [0.25, 0.3) is 0 Å². The monoisotopic (exact) mass is 343 g/mol. The lowest BCUT2D eigenvalue weighted by molar-refractivity contribution is -0.132. The number of benzene rings is 1. The van der Waals surface area contributed by atoms with Crippen LogP contribution in [0, 0.1) is 19.7 Å². The third-order valence-electron chi connectivity index (χ3n) is 5.22. The molecule has 2 atom stereocenters. The van der Waals surface area contributed by atoms with Crippen molar-refractivity contribution in [2.75, 3.05) is 6.54 Å². The molecule has 1 aromatic carbocycles. The van der Waals surface area contributed by atoms with Crippen molar-refractivity contribution in [2.24, 2.45) is 0 Å². The van der Waals surface area contributed by atoms with E-state index in [1.807, 2.05) is 24.8 Å². The number of aryl methyl sites for hydroxylation is 2. The summed E-state index contributed by atoms with van der Waals surface area (Å²) < 4.78 is 13.4. The van der Waals surface area contributed by atoms with E-state index in [0.717, 1.165) is 48.3 Å². The number of carbonyl (C=O) groups excluding carboxylic acids is 1. The van der Waals surface area contributed by atoms with Crippen LogP contribution in [0.3, 0.4) is 0 Å². The van der Waals surface area contributed by atoms with Gasteiger partial charge in [-0.1, -0.05) is 19.1 Å². The Labute approximate surface area is 148 Å². The van der Waals surface area contributed by atoms with Crippen LogP contribution in [-0.4, -0.2) is 33.6 Å². The maximum atomic E-state index is 13.4. The minimum absolute atomic E-state index is 0.140. The Kier molecular flexibility index (Phi) is 5.21. The van der Waals surface area contributed by atoms with E-state index in [4.69, 9.17) is 0 Å². The largest absolute Gasteiger partial charge is 0.339 e. The summed E-state index contributed by atoms with van der Waals surface area (Å²) in [5, 5.41) is 7.23. The van der Waals surface area contributed by atoms with E-state index in [9.17, 15) is 9.18 Å². The van der Waals surface area contributed by atoms with Gasteiger partial charge in [-0.3, -0.25) is 9.89 Å². The molecule has 134 valence electrons. The van der Waals surface area contributed by atoms with Crippen molar-refractivity contribution >= 4 is 5.91 Å². The normalized spacial score (nSPS) is 18.6. The van der Waals surface area contributed by atoms with Crippen LogP contribution in [-0.2, 0) is 11.2 Å². The molecule has 1 N–H and O–H groups in total. The number of carbonyl (C=O) groups is 1. The molecule has 1 amide bonds. The van der Waals surface area contributed by atoms with Crippen molar-refractivity contribution in [3.05, 3.63) is 52.6 Å². The van der Waals surface area contributed by atoms with Gasteiger partial charge in [-0.15, -0.1) is 0 Å². The predicted octanol–water partition coefficient (Wildman–Crippen LogP) is 3.89. The van der Waals surface area contributed by atoms with Crippen LogP contribution in [0.5, 0.6) is 0 Å². The molecule has 0 saturated carbocycles. The number of H-pyrrole nitrogens is 1. The highest BCUT2D eigenvalue weighted by Gasteiger charge is 2.30. The van der Waals surface area contributed by atoms with E-state index in [0.29, 0.717) is 6.42 Å². The summed E-state index contributed by atoms with van der Waals surface area (Å²) in [6.07, 6.45) is 3.22. The van der Waals surface area contributed by atoms with E-state index in [1.165, 1.54) is 6.07 Å². The number of likely N-dealkylation sites (tertiary alicyclic amines) is 1. The zero-order valence-electron chi connectivity index (χ0n) is 15.2. The molecule has 5 heteroatoms. The number of nitrogens with one attached hydrogen (secondary N) is 1. The summed E-state index contributed by atoms with van der Waals surface area (Å²) in [6.45, 7) is 6.86. The highest BCUT2D eigenvalue weighted by molar-refractivity contribution is 5.78. The van der Waals surface area contributed by atoms with Crippen LogP contribution < -0.4 is 0 Å². The van der Waals surface area contributed by atoms with Crippen molar-refractivity contribution in [2.45, 2.75) is 58.4 Å². The Balaban J connectivity index is 1.66. The van der Waals surface area contributed by atoms with Gasteiger partial charge in [0.1, 0.15) is 5.82 Å². The number of nitrogens with zero attached hydrogens (tertiary/aromatic N) is 2. The van der Waals surface area contributed by atoms with Crippen LogP contribution >= 0.6 is 0 Å². The van der Waals surface area contributed by atoms with Gasteiger partial charge in [0.05, 0.1) is 5.69 Å². The lowest BCUT2D eigenvalue weighted by Gasteiger charge is -2.26. The van der Waals surface area contributed by atoms with Crippen LogP contribution in [0.25, 0.3) is 0 Å². The first-order chi connectivity index (χ1) is 12.0. The molecular formula is C20H26FN3O. The van der Waals surface area contributed by atoms with E-state index in [-0.39, 0.29) is 23.7 Å². The summed E-state index contributed by atoms with van der Waals surface area (Å²) in [5.74, 6) is 0.112. The Morgan fingerprint density at radius 1 is 1.44 bits per heavy atom. The first-order valence-electron chi connectivity index (χ1n) is 9.01. The minimum Gasteiger partial charge on any atom is -0.339 e. The topological polar surface area (TPSA) is 49.0 Å². The minimum atomic E-state index is -0.215. The quantitative estimate of drug-likeness (QED) is 0.895. The first-order valence-corrected chi connectivity index (χ1v) is 9.01.